The molecule has 2 amide bonds. The Kier molecular flexibility index (Phi) is 6.94. The van der Waals surface area contributed by atoms with Gasteiger partial charge >= 0.3 is 0 Å². The molecular formula is C14H16FN5O2S2. The molecule has 2 aromatic rings. The molecule has 1 heterocycles. The number of benzene rings is 1. The molecule has 3 N–H and O–H groups in total. The predicted molar refractivity (Wildman–Crippen MR) is 92.8 cm³/mol. The van der Waals surface area contributed by atoms with Gasteiger partial charge < -0.3 is 16.0 Å². The number of anilines is 2. The first-order chi connectivity index (χ1) is 11.6. The van der Waals surface area contributed by atoms with Crippen LogP contribution in [0.25, 0.3) is 0 Å². The Morgan fingerprint density at radius 3 is 2.67 bits per heavy atom. The largest absolute Gasteiger partial charge is 0.360 e. The Bertz CT molecular complexity index is 693. The summed E-state index contributed by atoms with van der Waals surface area (Å²) < 4.78 is 13.4. The highest BCUT2D eigenvalue weighted by Crippen LogP contribution is 2.24. The molecule has 0 spiro atoms. The highest BCUT2D eigenvalue weighted by molar-refractivity contribution is 8.01. The van der Waals surface area contributed by atoms with Crippen LogP contribution in [0.5, 0.6) is 0 Å². The third kappa shape index (κ3) is 6.13. The van der Waals surface area contributed by atoms with Crippen LogP contribution in [-0.2, 0) is 9.59 Å². The highest BCUT2D eigenvalue weighted by Gasteiger charge is 2.09. The van der Waals surface area contributed by atoms with Crippen LogP contribution in [0, 0.1) is 5.82 Å². The van der Waals surface area contributed by atoms with Gasteiger partial charge in [-0.05, 0) is 31.2 Å². The second kappa shape index (κ2) is 9.18. The Morgan fingerprint density at radius 1 is 1.21 bits per heavy atom. The van der Waals surface area contributed by atoms with Crippen LogP contribution in [0.2, 0.25) is 0 Å². The summed E-state index contributed by atoms with van der Waals surface area (Å²) in [5.41, 5.74) is 0.467. The van der Waals surface area contributed by atoms with Crippen molar-refractivity contribution in [3.8, 4) is 0 Å². The zero-order valence-corrected chi connectivity index (χ0v) is 14.5. The Morgan fingerprint density at radius 2 is 1.96 bits per heavy atom. The van der Waals surface area contributed by atoms with Gasteiger partial charge in [0, 0.05) is 12.2 Å². The van der Waals surface area contributed by atoms with Crippen LogP contribution in [0.1, 0.15) is 6.92 Å². The number of nitrogens with one attached hydrogen (secondary N) is 3. The van der Waals surface area contributed by atoms with Gasteiger partial charge in [0.25, 0.3) is 0 Å². The smallest absolute Gasteiger partial charge is 0.243 e. The number of nitrogens with zero attached hydrogens (tertiary/aromatic N) is 2. The normalized spacial score (nSPS) is 10.2. The van der Waals surface area contributed by atoms with Gasteiger partial charge in [0.15, 0.2) is 4.34 Å². The average Bonchev–Trinajstić information content (AvgIpc) is 3.01. The number of carbonyl (C=O) groups excluding carboxylic acids is 2. The molecule has 0 saturated carbocycles. The van der Waals surface area contributed by atoms with Gasteiger partial charge in [-0.15, -0.1) is 10.2 Å². The molecule has 7 nitrogen and oxygen atoms in total. The quantitative estimate of drug-likeness (QED) is 0.616. The summed E-state index contributed by atoms with van der Waals surface area (Å²) in [5, 5.41) is 16.7. The molecule has 0 unspecified atom stereocenters. The lowest BCUT2D eigenvalue weighted by Gasteiger charge is -2.06. The van der Waals surface area contributed by atoms with E-state index in [1.165, 1.54) is 47.4 Å². The van der Waals surface area contributed by atoms with Crippen molar-refractivity contribution in [2.45, 2.75) is 11.3 Å². The number of hydrogen-bond donors (Lipinski definition) is 3. The van der Waals surface area contributed by atoms with Gasteiger partial charge in [-0.3, -0.25) is 9.59 Å². The summed E-state index contributed by atoms with van der Waals surface area (Å²) in [7, 11) is 0. The van der Waals surface area contributed by atoms with E-state index < -0.39 is 0 Å². The number of halogens is 1. The van der Waals surface area contributed by atoms with Crippen LogP contribution in [0.4, 0.5) is 15.2 Å². The molecule has 24 heavy (non-hydrogen) atoms. The minimum absolute atomic E-state index is 0.143. The summed E-state index contributed by atoms with van der Waals surface area (Å²) in [6.07, 6.45) is 0. The molecule has 0 saturated heterocycles. The summed E-state index contributed by atoms with van der Waals surface area (Å²) in [6, 6.07) is 5.38. The molecule has 0 fully saturated rings. The first kappa shape index (κ1) is 18.1. The number of aromatic nitrogens is 2. The topological polar surface area (TPSA) is 96.0 Å². The molecule has 0 aliphatic heterocycles. The van der Waals surface area contributed by atoms with E-state index in [0.29, 0.717) is 15.2 Å². The minimum Gasteiger partial charge on any atom is -0.360 e. The molecule has 10 heteroatoms. The fraction of sp³-hybridized carbons (Fsp3) is 0.286. The van der Waals surface area contributed by atoms with E-state index in [9.17, 15) is 14.0 Å². The van der Waals surface area contributed by atoms with E-state index in [4.69, 9.17) is 0 Å². The number of rotatable bonds is 8. The first-order valence-corrected chi connectivity index (χ1v) is 8.89. The third-order valence-electron chi connectivity index (χ3n) is 2.64. The lowest BCUT2D eigenvalue weighted by atomic mass is 10.3. The van der Waals surface area contributed by atoms with E-state index in [-0.39, 0.29) is 29.9 Å². The lowest BCUT2D eigenvalue weighted by molar-refractivity contribution is -0.122. The van der Waals surface area contributed by atoms with Crippen LogP contribution in [0.15, 0.2) is 28.6 Å². The molecule has 0 aliphatic carbocycles. The van der Waals surface area contributed by atoms with Crippen molar-refractivity contribution in [2.75, 3.05) is 29.5 Å². The number of hydrogen-bond acceptors (Lipinski definition) is 7. The average molecular weight is 369 g/mol. The standard InChI is InChI=1S/C14H16FN5O2S2/c1-2-16-13-19-20-14(24-13)23-8-12(22)17-7-11(21)18-10-5-3-9(15)4-6-10/h3-6H,2,7-8H2,1H3,(H,16,19)(H,17,22)(H,18,21). The van der Waals surface area contributed by atoms with Crippen LogP contribution in [-0.4, -0.2) is 40.9 Å². The molecule has 0 radical (unpaired) electrons. The zero-order valence-electron chi connectivity index (χ0n) is 12.8. The first-order valence-electron chi connectivity index (χ1n) is 7.09. The van der Waals surface area contributed by atoms with Crippen LogP contribution in [0.3, 0.4) is 0 Å². The number of carbonyl (C=O) groups is 2. The monoisotopic (exact) mass is 369 g/mol. The van der Waals surface area contributed by atoms with Crippen molar-refractivity contribution in [1.29, 1.82) is 0 Å². The third-order valence-corrected chi connectivity index (χ3v) is 4.65. The minimum atomic E-state index is -0.384. The van der Waals surface area contributed by atoms with Crippen LogP contribution < -0.4 is 16.0 Å². The maximum atomic E-state index is 12.8. The zero-order chi connectivity index (χ0) is 17.4. The predicted octanol–water partition coefficient (Wildman–Crippen LogP) is 1.96. The molecule has 128 valence electrons. The van der Waals surface area contributed by atoms with Gasteiger partial charge in [0.1, 0.15) is 5.82 Å². The van der Waals surface area contributed by atoms with Crippen molar-refractivity contribution in [1.82, 2.24) is 15.5 Å². The fourth-order valence-corrected chi connectivity index (χ4v) is 3.24. The Labute approximate surface area is 146 Å². The maximum Gasteiger partial charge on any atom is 0.243 e. The van der Waals surface area contributed by atoms with Crippen LogP contribution >= 0.6 is 23.1 Å². The van der Waals surface area contributed by atoms with Crippen molar-refractivity contribution >= 4 is 45.7 Å². The molecule has 0 aliphatic rings. The van der Waals surface area contributed by atoms with Gasteiger partial charge in [0.2, 0.25) is 16.9 Å². The summed E-state index contributed by atoms with van der Waals surface area (Å²) >= 11 is 2.62. The van der Waals surface area contributed by atoms with E-state index >= 15 is 0 Å². The van der Waals surface area contributed by atoms with Crippen molar-refractivity contribution in [2.24, 2.45) is 0 Å². The number of amides is 2. The lowest BCUT2D eigenvalue weighted by Crippen LogP contribution is -2.33. The van der Waals surface area contributed by atoms with Crippen molar-refractivity contribution in [3.63, 3.8) is 0 Å². The van der Waals surface area contributed by atoms with Gasteiger partial charge in [-0.1, -0.05) is 23.1 Å². The summed E-state index contributed by atoms with van der Waals surface area (Å²) in [5.74, 6) is -0.906. The summed E-state index contributed by atoms with van der Waals surface area (Å²) in [4.78, 5) is 23.4. The van der Waals surface area contributed by atoms with E-state index in [0.717, 1.165) is 6.54 Å². The van der Waals surface area contributed by atoms with Crippen molar-refractivity contribution < 1.29 is 14.0 Å². The second-order valence-corrected chi connectivity index (χ2v) is 6.72. The number of thioether (sulfide) groups is 1. The van der Waals surface area contributed by atoms with Gasteiger partial charge in [-0.2, -0.15) is 0 Å². The highest BCUT2D eigenvalue weighted by atomic mass is 32.2. The van der Waals surface area contributed by atoms with Crippen molar-refractivity contribution in [3.05, 3.63) is 30.1 Å². The van der Waals surface area contributed by atoms with E-state index in [1.807, 2.05) is 6.92 Å². The van der Waals surface area contributed by atoms with E-state index in [2.05, 4.69) is 26.1 Å². The van der Waals surface area contributed by atoms with Gasteiger partial charge in [0.05, 0.1) is 12.3 Å². The molecule has 2 rings (SSSR count). The molecule has 1 aromatic heterocycles. The van der Waals surface area contributed by atoms with Gasteiger partial charge in [-0.25, -0.2) is 4.39 Å². The maximum absolute atomic E-state index is 12.8. The molecule has 1 aromatic carbocycles. The SMILES string of the molecule is CCNc1nnc(SCC(=O)NCC(=O)Nc2ccc(F)cc2)s1. The second-order valence-electron chi connectivity index (χ2n) is 4.52. The Balaban J connectivity index is 1.68. The fourth-order valence-electron chi connectivity index (χ4n) is 1.59. The molecule has 0 atom stereocenters. The Hall–Kier alpha value is -2.20. The molecule has 0 bridgehead atoms. The molecular weight excluding hydrogens is 353 g/mol. The summed E-state index contributed by atoms with van der Waals surface area (Å²) in [6.45, 7) is 2.55. The van der Waals surface area contributed by atoms with E-state index in [1.54, 1.807) is 0 Å².